The second kappa shape index (κ2) is 27.2. The molecule has 2 aromatic carbocycles. The van der Waals surface area contributed by atoms with Crippen LogP contribution in [0.15, 0.2) is 76.2 Å². The molecule has 1 aromatic heterocycles. The van der Waals surface area contributed by atoms with Crippen molar-refractivity contribution in [1.82, 2.24) is 71.7 Å². The van der Waals surface area contributed by atoms with Gasteiger partial charge in [0.25, 0.3) is 0 Å². The Morgan fingerprint density at radius 3 is 1.58 bits per heavy atom. The van der Waals surface area contributed by atoms with Crippen LogP contribution in [0, 0.1) is 0 Å². The fourth-order valence-electron chi connectivity index (χ4n) is 8.51. The Morgan fingerprint density at radius 1 is 0.675 bits per heavy atom. The number of carbonyl (C=O) groups is 12. The first-order valence-corrected chi connectivity index (χ1v) is 28.0. The molecule has 83 heavy (non-hydrogen) atoms. The molecule has 0 spiro atoms. The fourth-order valence-corrected chi connectivity index (χ4v) is 11.9. The molecule has 10 amide bonds. The number of aliphatic hydroxyl groups excluding tert-OH is 1. The number of tetrazole rings is 1. The second-order valence-corrected chi connectivity index (χ2v) is 21.4. The van der Waals surface area contributed by atoms with Gasteiger partial charge in [-0.15, -0.1) is 28.6 Å². The second-order valence-electron chi connectivity index (χ2n) is 18.2. The predicted octanol–water partition coefficient (Wildman–Crippen LogP) is -2.75. The molecule has 4 aliphatic heterocycles. The number of esters is 1. The van der Waals surface area contributed by atoms with Crippen LogP contribution >= 0.6 is 35.3 Å². The van der Waals surface area contributed by atoms with Crippen molar-refractivity contribution >= 4 is 107 Å². The van der Waals surface area contributed by atoms with Gasteiger partial charge in [0.1, 0.15) is 45.7 Å². The number of aliphatic hydroxyl groups is 1. The molecular formula is C48H54N14O18S3. The third kappa shape index (κ3) is 14.4. The monoisotopic (exact) mass is 1210 g/mol. The Bertz CT molecular complexity index is 3160. The van der Waals surface area contributed by atoms with E-state index in [-0.39, 0.29) is 90.4 Å². The van der Waals surface area contributed by atoms with Crippen LogP contribution in [0.4, 0.5) is 9.59 Å². The highest BCUT2D eigenvalue weighted by atomic mass is 32.2. The molecule has 2 fully saturated rings. The average molecular weight is 1210 g/mol. The van der Waals surface area contributed by atoms with Gasteiger partial charge in [-0.2, -0.15) is 0 Å². The number of nitrogens with zero attached hydrogens (tertiary/aromatic N) is 8. The molecule has 2 saturated heterocycles. The molecular weight excluding hydrogens is 1160 g/mol. The zero-order valence-corrected chi connectivity index (χ0v) is 46.4. The lowest BCUT2D eigenvalue weighted by molar-refractivity contribution is -0.153. The SMILES string of the molecule is CCN1CCN(C(=O)N[C@@H](C(=O)N[C@H](C(=O)O)[C@@H]2NC(C(=O)O)=C(CO)CS2)c2ccc(OC(=O)C3=C(CSc4nnnn4C)CS[C@H]([C@H](NC(=O)[C@H](NC(=O)N4CCN(CC)C(=O)C4=O)c4ccc(O)cc4)C(=O)O)N3)cc2)C(=O)C1=O. The van der Waals surface area contributed by atoms with Gasteiger partial charge in [-0.1, -0.05) is 36.0 Å². The van der Waals surface area contributed by atoms with Gasteiger partial charge in [0, 0.05) is 63.6 Å². The van der Waals surface area contributed by atoms with E-state index in [0.717, 1.165) is 35.3 Å². The number of aliphatic carboxylic acids is 3. The molecule has 0 aliphatic carbocycles. The Labute approximate surface area is 482 Å². The van der Waals surface area contributed by atoms with Gasteiger partial charge in [0.05, 0.1) is 6.61 Å². The van der Waals surface area contributed by atoms with E-state index in [9.17, 15) is 83.1 Å². The fraction of sp³-hybridized carbons (Fsp3) is 0.396. The standard InChI is InChI=1S/C48H54N14O18S3/c1-4-59-14-16-61(40(69)38(59)67)46(78)53-28(22-6-10-26(64)11-7-22)34(65)50-33(44(75)76)37-52-31(25(20-82-37)21-83-48-55-56-57-58(48)3)45(77)80-27-12-8-23(9-13-27)29(54-47(79)62-17-15-60(5-2)39(68)41(62)70)35(66)49-32(43(73)74)36-51-30(42(71)72)24(18-63)19-81-36/h6-13,28-29,32-33,36-37,51-52,63-64H,4-5,14-21H2,1-3H3,(H,49,66)(H,50,65)(H,53,78)(H,54,79)(H,71,72)(H,73,74)(H,75,76)/t28-,29-,32+,33+,36-,37-/m1/s1. The summed E-state index contributed by atoms with van der Waals surface area (Å²) in [5.74, 6) is -13.2. The topological polar surface area (TPSA) is 444 Å². The first-order chi connectivity index (χ1) is 39.5. The zero-order valence-electron chi connectivity index (χ0n) is 44.0. The van der Waals surface area contributed by atoms with E-state index < -0.39 is 119 Å². The third-order valence-corrected chi connectivity index (χ3v) is 16.7. The maximum Gasteiger partial charge on any atom is 0.359 e. The number of phenolic OH excluding ortho intramolecular Hbond substituents is 1. The third-order valence-electron chi connectivity index (χ3n) is 13.0. The van der Waals surface area contributed by atoms with Gasteiger partial charge < -0.3 is 72.0 Å². The molecule has 0 unspecified atom stereocenters. The Balaban J connectivity index is 1.14. The maximum absolute atomic E-state index is 14.4. The molecule has 3 aromatic rings. The maximum atomic E-state index is 14.4. The molecule has 7 rings (SSSR count). The molecule has 5 heterocycles. The molecule has 4 aliphatic rings. The van der Waals surface area contributed by atoms with Crippen molar-refractivity contribution < 1.29 is 87.8 Å². The highest BCUT2D eigenvalue weighted by Gasteiger charge is 2.43. The number of likely N-dealkylation sites (N-methyl/N-ethyl adjacent to an activating group) is 2. The van der Waals surface area contributed by atoms with Crippen molar-refractivity contribution in [2.24, 2.45) is 7.05 Å². The summed E-state index contributed by atoms with van der Waals surface area (Å²) in [6.07, 6.45) is 0. The van der Waals surface area contributed by atoms with E-state index in [0.29, 0.717) is 20.5 Å². The number of nitrogens with one attached hydrogen (secondary N) is 6. The zero-order chi connectivity index (χ0) is 60.4. The Kier molecular flexibility index (Phi) is 20.2. The highest BCUT2D eigenvalue weighted by Crippen LogP contribution is 2.31. The molecule has 442 valence electrons. The predicted molar refractivity (Wildman–Crippen MR) is 287 cm³/mol. The molecule has 6 atom stereocenters. The number of carboxylic acid groups (broad SMARTS) is 3. The number of piperazine rings is 2. The minimum Gasteiger partial charge on any atom is -0.508 e. The number of aromatic nitrogens is 4. The number of carboxylic acids is 3. The number of rotatable bonds is 21. The van der Waals surface area contributed by atoms with Crippen LogP contribution in [-0.2, 0) is 55.0 Å². The summed E-state index contributed by atoms with van der Waals surface area (Å²) in [6.45, 7) is 2.38. The van der Waals surface area contributed by atoms with Crippen molar-refractivity contribution in [3.63, 3.8) is 0 Å². The van der Waals surface area contributed by atoms with Crippen molar-refractivity contribution in [2.75, 3.05) is 63.1 Å². The molecule has 0 saturated carbocycles. The number of aromatic hydroxyl groups is 1. The number of carbonyl (C=O) groups excluding carboxylic acids is 9. The van der Waals surface area contributed by atoms with E-state index in [4.69, 9.17) is 4.74 Å². The largest absolute Gasteiger partial charge is 0.508 e. The van der Waals surface area contributed by atoms with Crippen LogP contribution in [0.2, 0.25) is 0 Å². The van der Waals surface area contributed by atoms with Crippen LogP contribution in [-0.4, -0.2) is 223 Å². The lowest BCUT2D eigenvalue weighted by atomic mass is 10.0. The van der Waals surface area contributed by atoms with Gasteiger partial charge in [0.15, 0.2) is 12.1 Å². The van der Waals surface area contributed by atoms with Crippen LogP contribution in [0.5, 0.6) is 11.5 Å². The molecule has 35 heteroatoms. The average Bonchev–Trinajstić information content (AvgIpc) is 4.05. The van der Waals surface area contributed by atoms with Gasteiger partial charge in [-0.25, -0.2) is 33.4 Å². The molecule has 11 N–H and O–H groups in total. The summed E-state index contributed by atoms with van der Waals surface area (Å²) in [7, 11) is 1.56. The summed E-state index contributed by atoms with van der Waals surface area (Å²) in [5.41, 5.74) is -0.486. The molecule has 0 radical (unpaired) electrons. The lowest BCUT2D eigenvalue weighted by Crippen LogP contribution is -2.60. The first-order valence-electron chi connectivity index (χ1n) is 24.9. The van der Waals surface area contributed by atoms with Crippen molar-refractivity contribution in [2.45, 2.75) is 53.9 Å². The minimum absolute atomic E-state index is 0.00309. The number of aryl methyl sites for hydroxylation is 1. The van der Waals surface area contributed by atoms with Crippen LogP contribution in [0.3, 0.4) is 0 Å². The van der Waals surface area contributed by atoms with Gasteiger partial charge in [-0.05, 0) is 70.8 Å². The quantitative estimate of drug-likeness (QED) is 0.0223. The van der Waals surface area contributed by atoms with Crippen LogP contribution < -0.4 is 36.6 Å². The normalized spacial score (nSPS) is 18.9. The van der Waals surface area contributed by atoms with Gasteiger partial charge in [-0.3, -0.25) is 38.6 Å². The Morgan fingerprint density at radius 2 is 1.14 bits per heavy atom. The van der Waals surface area contributed by atoms with E-state index in [2.05, 4.69) is 47.4 Å². The molecule has 0 bridgehead atoms. The number of hydrogen-bond donors (Lipinski definition) is 11. The van der Waals surface area contributed by atoms with Crippen LogP contribution in [0.25, 0.3) is 0 Å². The summed E-state index contributed by atoms with van der Waals surface area (Å²) in [5, 5.41) is 74.1. The number of phenols is 1. The van der Waals surface area contributed by atoms with E-state index in [1.54, 1.807) is 20.9 Å². The van der Waals surface area contributed by atoms with Crippen molar-refractivity contribution in [3.8, 4) is 11.5 Å². The van der Waals surface area contributed by atoms with Crippen molar-refractivity contribution in [1.29, 1.82) is 0 Å². The number of thioether (sulfide) groups is 3. The molecule has 32 nitrogen and oxygen atoms in total. The minimum atomic E-state index is -1.89. The number of benzene rings is 2. The number of urea groups is 2. The van der Waals surface area contributed by atoms with Crippen LogP contribution in [0.1, 0.15) is 37.1 Å². The summed E-state index contributed by atoms with van der Waals surface area (Å²) in [4.78, 5) is 163. The highest BCUT2D eigenvalue weighted by molar-refractivity contribution is 8.01. The van der Waals surface area contributed by atoms with Crippen molar-refractivity contribution in [3.05, 3.63) is 82.2 Å². The van der Waals surface area contributed by atoms with E-state index >= 15 is 0 Å². The summed E-state index contributed by atoms with van der Waals surface area (Å²) in [6, 6.07) is -0.129. The smallest absolute Gasteiger partial charge is 0.359 e. The van der Waals surface area contributed by atoms with E-state index in [1.165, 1.54) is 63.0 Å². The number of imide groups is 2. The van der Waals surface area contributed by atoms with E-state index in [1.807, 2.05) is 0 Å². The number of hydrogen-bond acceptors (Lipinski definition) is 23. The Hall–Kier alpha value is -8.96. The number of ether oxygens (including phenoxy) is 1. The lowest BCUT2D eigenvalue weighted by Gasteiger charge is -2.34. The summed E-state index contributed by atoms with van der Waals surface area (Å²) < 4.78 is 7.12. The summed E-state index contributed by atoms with van der Waals surface area (Å²) >= 11 is 2.89. The van der Waals surface area contributed by atoms with Gasteiger partial charge in [0.2, 0.25) is 17.0 Å². The van der Waals surface area contributed by atoms with Gasteiger partial charge >= 0.3 is 59.6 Å². The number of amides is 10. The first kappa shape index (κ1) is 61.7.